The molecule has 21 heavy (non-hydrogen) atoms. The van der Waals surface area contributed by atoms with Crippen molar-refractivity contribution in [3.8, 4) is 0 Å². The SMILES string of the molecule is CCCCCCCCCCCC(C=O)CCCCCCO. The first-order chi connectivity index (χ1) is 10.3. The standard InChI is InChI=1S/C19H38O2/c1-2-3-4-5-6-7-8-9-12-15-19(18-21)16-13-10-11-14-17-20/h18-20H,2-17H2,1H3. The second-order valence-corrected chi connectivity index (χ2v) is 6.44. The van der Waals surface area contributed by atoms with Crippen LogP contribution in [-0.4, -0.2) is 18.0 Å². The lowest BCUT2D eigenvalue weighted by Gasteiger charge is -2.09. The summed E-state index contributed by atoms with van der Waals surface area (Å²) in [4.78, 5) is 11.1. The van der Waals surface area contributed by atoms with Crippen molar-refractivity contribution in [3.05, 3.63) is 0 Å². The minimum absolute atomic E-state index is 0.281. The van der Waals surface area contributed by atoms with Crippen molar-refractivity contribution in [2.45, 2.75) is 103 Å². The van der Waals surface area contributed by atoms with Crippen molar-refractivity contribution in [2.24, 2.45) is 5.92 Å². The smallest absolute Gasteiger partial charge is 0.123 e. The molecule has 1 N–H and O–H groups in total. The summed E-state index contributed by atoms with van der Waals surface area (Å²) in [5, 5.41) is 8.71. The van der Waals surface area contributed by atoms with Crippen molar-refractivity contribution in [2.75, 3.05) is 6.61 Å². The molecule has 0 rings (SSSR count). The van der Waals surface area contributed by atoms with Gasteiger partial charge in [-0.25, -0.2) is 0 Å². The van der Waals surface area contributed by atoms with E-state index in [1.54, 1.807) is 0 Å². The van der Waals surface area contributed by atoms with E-state index >= 15 is 0 Å². The van der Waals surface area contributed by atoms with Crippen LogP contribution < -0.4 is 0 Å². The van der Waals surface area contributed by atoms with Crippen LogP contribution in [0.4, 0.5) is 0 Å². The lowest BCUT2D eigenvalue weighted by molar-refractivity contribution is -0.111. The number of aliphatic hydroxyl groups excluding tert-OH is 1. The summed E-state index contributed by atoms with van der Waals surface area (Å²) in [7, 11) is 0. The van der Waals surface area contributed by atoms with Crippen molar-refractivity contribution in [1.82, 2.24) is 0 Å². The average molecular weight is 299 g/mol. The largest absolute Gasteiger partial charge is 0.396 e. The Kier molecular flexibility index (Phi) is 17.4. The van der Waals surface area contributed by atoms with E-state index in [0.29, 0.717) is 6.61 Å². The van der Waals surface area contributed by atoms with Crippen LogP contribution in [0, 0.1) is 5.92 Å². The highest BCUT2D eigenvalue weighted by atomic mass is 16.2. The molecule has 0 aliphatic rings. The third kappa shape index (κ3) is 15.8. The number of hydrogen-bond donors (Lipinski definition) is 1. The van der Waals surface area contributed by atoms with Crippen LogP contribution in [-0.2, 0) is 4.79 Å². The van der Waals surface area contributed by atoms with Gasteiger partial charge in [-0.1, -0.05) is 84.0 Å². The first-order valence-corrected chi connectivity index (χ1v) is 9.41. The molecule has 0 heterocycles. The first-order valence-electron chi connectivity index (χ1n) is 9.41. The number of rotatable bonds is 17. The summed E-state index contributed by atoms with van der Waals surface area (Å²) < 4.78 is 0. The maximum atomic E-state index is 11.1. The topological polar surface area (TPSA) is 37.3 Å². The Morgan fingerprint density at radius 3 is 1.57 bits per heavy atom. The van der Waals surface area contributed by atoms with Crippen LogP contribution in [0.15, 0.2) is 0 Å². The molecule has 126 valence electrons. The highest BCUT2D eigenvalue weighted by Crippen LogP contribution is 2.17. The lowest BCUT2D eigenvalue weighted by Crippen LogP contribution is -2.02. The molecule has 2 heteroatoms. The summed E-state index contributed by atoms with van der Waals surface area (Å²) in [5.74, 6) is 0.281. The van der Waals surface area contributed by atoms with Crippen molar-refractivity contribution < 1.29 is 9.90 Å². The predicted molar refractivity (Wildman–Crippen MR) is 91.6 cm³/mol. The van der Waals surface area contributed by atoms with Gasteiger partial charge in [0.2, 0.25) is 0 Å². The summed E-state index contributed by atoms with van der Waals surface area (Å²) >= 11 is 0. The van der Waals surface area contributed by atoms with Gasteiger partial charge in [0, 0.05) is 12.5 Å². The van der Waals surface area contributed by atoms with Crippen LogP contribution in [0.3, 0.4) is 0 Å². The Labute approximate surface area is 132 Å². The van der Waals surface area contributed by atoms with E-state index in [1.165, 1.54) is 57.8 Å². The predicted octanol–water partition coefficient (Wildman–Crippen LogP) is 5.67. The maximum absolute atomic E-state index is 11.1. The molecule has 0 aromatic rings. The van der Waals surface area contributed by atoms with E-state index in [-0.39, 0.29) is 5.92 Å². The Balaban J connectivity index is 3.28. The molecule has 0 aliphatic carbocycles. The average Bonchev–Trinajstić information content (AvgIpc) is 2.51. The maximum Gasteiger partial charge on any atom is 0.123 e. The van der Waals surface area contributed by atoms with E-state index in [4.69, 9.17) is 5.11 Å². The summed E-state index contributed by atoms with van der Waals surface area (Å²) in [6.45, 7) is 2.56. The van der Waals surface area contributed by atoms with Crippen LogP contribution in [0.5, 0.6) is 0 Å². The van der Waals surface area contributed by atoms with Crippen LogP contribution in [0.2, 0.25) is 0 Å². The molecule has 0 fully saturated rings. The fourth-order valence-electron chi connectivity index (χ4n) is 2.87. The van der Waals surface area contributed by atoms with Gasteiger partial charge in [-0.2, -0.15) is 0 Å². The monoisotopic (exact) mass is 298 g/mol. The van der Waals surface area contributed by atoms with E-state index in [9.17, 15) is 4.79 Å². The molecule has 0 aliphatic heterocycles. The lowest BCUT2D eigenvalue weighted by atomic mass is 9.95. The van der Waals surface area contributed by atoms with Crippen LogP contribution in [0.1, 0.15) is 103 Å². The number of hydrogen-bond acceptors (Lipinski definition) is 2. The minimum atomic E-state index is 0.281. The normalized spacial score (nSPS) is 12.5. The van der Waals surface area contributed by atoms with Crippen LogP contribution >= 0.6 is 0 Å². The number of aliphatic hydroxyl groups is 1. The minimum Gasteiger partial charge on any atom is -0.396 e. The Morgan fingerprint density at radius 1 is 0.714 bits per heavy atom. The highest BCUT2D eigenvalue weighted by Gasteiger charge is 2.06. The molecule has 0 saturated carbocycles. The van der Waals surface area contributed by atoms with Crippen molar-refractivity contribution in [3.63, 3.8) is 0 Å². The molecule has 0 saturated heterocycles. The van der Waals surface area contributed by atoms with E-state index in [2.05, 4.69) is 6.92 Å². The molecule has 0 radical (unpaired) electrons. The van der Waals surface area contributed by atoms with Gasteiger partial charge in [0.05, 0.1) is 0 Å². The van der Waals surface area contributed by atoms with Gasteiger partial charge in [-0.15, -0.1) is 0 Å². The number of unbranched alkanes of at least 4 members (excludes halogenated alkanes) is 11. The third-order valence-electron chi connectivity index (χ3n) is 4.35. The second kappa shape index (κ2) is 17.7. The zero-order valence-electron chi connectivity index (χ0n) is 14.3. The molecular formula is C19H38O2. The molecule has 0 spiro atoms. The highest BCUT2D eigenvalue weighted by molar-refractivity contribution is 5.53. The molecule has 1 unspecified atom stereocenters. The zero-order valence-corrected chi connectivity index (χ0v) is 14.3. The number of carbonyl (C=O) groups is 1. The summed E-state index contributed by atoms with van der Waals surface area (Å²) in [5.41, 5.74) is 0. The van der Waals surface area contributed by atoms with E-state index in [0.717, 1.165) is 44.8 Å². The second-order valence-electron chi connectivity index (χ2n) is 6.44. The molecule has 0 bridgehead atoms. The number of aldehydes is 1. The van der Waals surface area contributed by atoms with Gasteiger partial charge in [0.15, 0.2) is 0 Å². The molecule has 0 aromatic carbocycles. The third-order valence-corrected chi connectivity index (χ3v) is 4.35. The summed E-state index contributed by atoms with van der Waals surface area (Å²) in [6, 6.07) is 0. The van der Waals surface area contributed by atoms with Gasteiger partial charge < -0.3 is 9.90 Å². The summed E-state index contributed by atoms with van der Waals surface area (Å²) in [6.07, 6.45) is 19.7. The van der Waals surface area contributed by atoms with Crippen molar-refractivity contribution in [1.29, 1.82) is 0 Å². The van der Waals surface area contributed by atoms with Crippen LogP contribution in [0.25, 0.3) is 0 Å². The number of carbonyl (C=O) groups excluding carboxylic acids is 1. The van der Waals surface area contributed by atoms with Gasteiger partial charge in [0.1, 0.15) is 6.29 Å². The molecule has 2 nitrogen and oxygen atoms in total. The Hall–Kier alpha value is -0.370. The molecular weight excluding hydrogens is 260 g/mol. The first kappa shape index (κ1) is 20.6. The molecule has 0 aromatic heterocycles. The Morgan fingerprint density at radius 2 is 1.14 bits per heavy atom. The zero-order chi connectivity index (χ0) is 15.6. The van der Waals surface area contributed by atoms with Gasteiger partial charge in [-0.05, 0) is 19.3 Å². The fourth-order valence-corrected chi connectivity index (χ4v) is 2.87. The fraction of sp³-hybridized carbons (Fsp3) is 0.947. The van der Waals surface area contributed by atoms with Gasteiger partial charge in [-0.3, -0.25) is 0 Å². The Bertz CT molecular complexity index is 204. The van der Waals surface area contributed by atoms with Gasteiger partial charge in [0.25, 0.3) is 0 Å². The van der Waals surface area contributed by atoms with Crippen molar-refractivity contribution >= 4 is 6.29 Å². The molecule has 1 atom stereocenters. The molecule has 0 amide bonds. The van der Waals surface area contributed by atoms with Gasteiger partial charge >= 0.3 is 0 Å². The van der Waals surface area contributed by atoms with E-state index < -0.39 is 0 Å². The quantitative estimate of drug-likeness (QED) is 0.278. The van der Waals surface area contributed by atoms with E-state index in [1.807, 2.05) is 0 Å².